The van der Waals surface area contributed by atoms with Gasteiger partial charge in [-0.05, 0) is 35.1 Å². The van der Waals surface area contributed by atoms with Crippen LogP contribution in [0.3, 0.4) is 0 Å². The van der Waals surface area contributed by atoms with Crippen LogP contribution in [-0.2, 0) is 11.3 Å². The van der Waals surface area contributed by atoms with Crippen molar-refractivity contribution in [3.63, 3.8) is 0 Å². The maximum absolute atomic E-state index is 12.3. The van der Waals surface area contributed by atoms with E-state index in [0.717, 1.165) is 11.1 Å². The summed E-state index contributed by atoms with van der Waals surface area (Å²) in [5.41, 5.74) is 2.62. The number of benzene rings is 1. The Morgan fingerprint density at radius 3 is 2.22 bits per heavy atom. The number of hydrogen-bond acceptors (Lipinski definition) is 5. The normalized spacial score (nSPS) is 10.8. The van der Waals surface area contributed by atoms with E-state index in [2.05, 4.69) is 10.3 Å². The summed E-state index contributed by atoms with van der Waals surface area (Å²) in [6.45, 7) is 8.02. The van der Waals surface area contributed by atoms with Crippen LogP contribution in [0.15, 0.2) is 36.5 Å². The zero-order valence-electron chi connectivity index (χ0n) is 16.4. The Labute approximate surface area is 159 Å². The van der Waals surface area contributed by atoms with E-state index < -0.39 is 6.16 Å². The van der Waals surface area contributed by atoms with Crippen molar-refractivity contribution in [2.75, 3.05) is 7.05 Å². The van der Waals surface area contributed by atoms with E-state index in [1.54, 1.807) is 18.3 Å². The molecular formula is C21H26N2O4. The van der Waals surface area contributed by atoms with Gasteiger partial charge in [-0.25, -0.2) is 4.79 Å². The lowest BCUT2D eigenvalue weighted by Crippen LogP contribution is -2.21. The highest BCUT2D eigenvalue weighted by Crippen LogP contribution is 2.34. The van der Waals surface area contributed by atoms with Gasteiger partial charge >= 0.3 is 6.16 Å². The van der Waals surface area contributed by atoms with Gasteiger partial charge in [-0.3, -0.25) is 9.78 Å². The van der Waals surface area contributed by atoms with Gasteiger partial charge in [0.15, 0.2) is 0 Å². The third kappa shape index (κ3) is 5.06. The molecule has 0 aliphatic heterocycles. The minimum atomic E-state index is -0.821. The second-order valence-electron chi connectivity index (χ2n) is 6.79. The summed E-state index contributed by atoms with van der Waals surface area (Å²) in [6.07, 6.45) is 0.722. The van der Waals surface area contributed by atoms with Crippen molar-refractivity contribution in [1.29, 1.82) is 0 Å². The second kappa shape index (κ2) is 9.16. The van der Waals surface area contributed by atoms with Crippen molar-refractivity contribution in [2.24, 2.45) is 0 Å². The number of nitrogens with one attached hydrogen (secondary N) is 1. The Kier molecular flexibility index (Phi) is 6.93. The SMILES string of the molecule is CNC(=O)c1cccnc1COC(=O)Oc1c(C(C)C)cccc1C(C)C. The first-order valence-corrected chi connectivity index (χ1v) is 8.98. The molecule has 6 heteroatoms. The number of hydrogen-bond donors (Lipinski definition) is 1. The summed E-state index contributed by atoms with van der Waals surface area (Å²) in [5, 5.41) is 2.54. The summed E-state index contributed by atoms with van der Waals surface area (Å²) >= 11 is 0. The van der Waals surface area contributed by atoms with Crippen LogP contribution in [0.1, 0.15) is 66.7 Å². The third-order valence-corrected chi connectivity index (χ3v) is 4.19. The first-order chi connectivity index (χ1) is 12.8. The van der Waals surface area contributed by atoms with Crippen LogP contribution in [0.5, 0.6) is 5.75 Å². The summed E-state index contributed by atoms with van der Waals surface area (Å²) in [4.78, 5) is 28.3. The number of aromatic nitrogens is 1. The molecule has 2 rings (SSSR count). The van der Waals surface area contributed by atoms with E-state index in [1.165, 1.54) is 7.05 Å². The third-order valence-electron chi connectivity index (χ3n) is 4.19. The predicted octanol–water partition coefficient (Wildman–Crippen LogP) is 4.40. The summed E-state index contributed by atoms with van der Waals surface area (Å²) in [6, 6.07) is 9.14. The fourth-order valence-corrected chi connectivity index (χ4v) is 2.74. The molecule has 0 radical (unpaired) electrons. The maximum Gasteiger partial charge on any atom is 0.514 e. The van der Waals surface area contributed by atoms with E-state index in [4.69, 9.17) is 9.47 Å². The lowest BCUT2D eigenvalue weighted by molar-refractivity contribution is 0.0878. The van der Waals surface area contributed by atoms with Crippen LogP contribution in [-0.4, -0.2) is 24.1 Å². The van der Waals surface area contributed by atoms with Crippen LogP contribution in [0.4, 0.5) is 4.79 Å². The molecule has 0 spiro atoms. The summed E-state index contributed by atoms with van der Waals surface area (Å²) in [7, 11) is 1.53. The molecule has 0 unspecified atom stereocenters. The Morgan fingerprint density at radius 2 is 1.67 bits per heavy atom. The van der Waals surface area contributed by atoms with Crippen molar-refractivity contribution < 1.29 is 19.1 Å². The highest BCUT2D eigenvalue weighted by atomic mass is 16.7. The Bertz CT molecular complexity index is 789. The van der Waals surface area contributed by atoms with Crippen LogP contribution >= 0.6 is 0 Å². The maximum atomic E-state index is 12.3. The first kappa shape index (κ1) is 20.4. The topological polar surface area (TPSA) is 77.5 Å². The molecule has 6 nitrogen and oxygen atoms in total. The van der Waals surface area contributed by atoms with Gasteiger partial charge in [-0.2, -0.15) is 0 Å². The number of carbonyl (C=O) groups is 2. The molecule has 27 heavy (non-hydrogen) atoms. The molecule has 0 bridgehead atoms. The van der Waals surface area contributed by atoms with Gasteiger partial charge in [0.1, 0.15) is 12.4 Å². The predicted molar refractivity (Wildman–Crippen MR) is 103 cm³/mol. The van der Waals surface area contributed by atoms with Gasteiger partial charge in [0.2, 0.25) is 0 Å². The average molecular weight is 370 g/mol. The Hall–Kier alpha value is -2.89. The molecule has 0 saturated heterocycles. The van der Waals surface area contributed by atoms with Gasteiger partial charge < -0.3 is 14.8 Å². The van der Waals surface area contributed by atoms with Crippen LogP contribution in [0, 0.1) is 0 Å². The fourth-order valence-electron chi connectivity index (χ4n) is 2.74. The lowest BCUT2D eigenvalue weighted by Gasteiger charge is -2.18. The molecule has 1 N–H and O–H groups in total. The molecule has 0 atom stereocenters. The Balaban J connectivity index is 2.17. The zero-order valence-corrected chi connectivity index (χ0v) is 16.4. The molecule has 0 aliphatic carbocycles. The second-order valence-corrected chi connectivity index (χ2v) is 6.79. The zero-order chi connectivity index (χ0) is 20.0. The number of para-hydroxylation sites is 1. The molecule has 2 aromatic rings. The van der Waals surface area contributed by atoms with Crippen LogP contribution in [0.25, 0.3) is 0 Å². The molecular weight excluding hydrogens is 344 g/mol. The first-order valence-electron chi connectivity index (χ1n) is 8.98. The van der Waals surface area contributed by atoms with Crippen LogP contribution < -0.4 is 10.1 Å². The summed E-state index contributed by atoms with van der Waals surface area (Å²) < 4.78 is 10.8. The van der Waals surface area contributed by atoms with E-state index in [0.29, 0.717) is 17.0 Å². The number of ether oxygens (including phenoxy) is 2. The van der Waals surface area contributed by atoms with Gasteiger partial charge in [0.05, 0.1) is 11.3 Å². The van der Waals surface area contributed by atoms with Crippen molar-refractivity contribution in [2.45, 2.75) is 46.1 Å². The van der Waals surface area contributed by atoms with E-state index in [9.17, 15) is 9.59 Å². The lowest BCUT2D eigenvalue weighted by atomic mass is 9.94. The number of pyridine rings is 1. The van der Waals surface area contributed by atoms with Gasteiger partial charge in [0.25, 0.3) is 5.91 Å². The molecule has 144 valence electrons. The van der Waals surface area contributed by atoms with Crippen molar-refractivity contribution >= 4 is 12.1 Å². The average Bonchev–Trinajstić information content (AvgIpc) is 2.65. The standard InChI is InChI=1S/C21H26N2O4/c1-13(2)15-8-6-9-16(14(3)4)19(15)27-21(25)26-12-18-17(20(24)22-5)10-7-11-23-18/h6-11,13-14H,12H2,1-5H3,(H,22,24). The van der Waals surface area contributed by atoms with Gasteiger partial charge in [0, 0.05) is 13.2 Å². The molecule has 1 amide bonds. The molecule has 1 heterocycles. The summed E-state index contributed by atoms with van der Waals surface area (Å²) in [5.74, 6) is 0.645. The van der Waals surface area contributed by atoms with E-state index in [-0.39, 0.29) is 24.3 Å². The van der Waals surface area contributed by atoms with E-state index >= 15 is 0 Å². The monoisotopic (exact) mass is 370 g/mol. The minimum absolute atomic E-state index is 0.150. The van der Waals surface area contributed by atoms with Gasteiger partial charge in [-0.15, -0.1) is 0 Å². The largest absolute Gasteiger partial charge is 0.514 e. The smallest absolute Gasteiger partial charge is 0.427 e. The quantitative estimate of drug-likeness (QED) is 0.602. The highest BCUT2D eigenvalue weighted by Gasteiger charge is 2.20. The molecule has 0 saturated carbocycles. The highest BCUT2D eigenvalue weighted by molar-refractivity contribution is 5.95. The number of rotatable bonds is 6. The molecule has 1 aromatic carbocycles. The molecule has 0 aliphatic rings. The van der Waals surface area contributed by atoms with Crippen molar-refractivity contribution in [1.82, 2.24) is 10.3 Å². The molecule has 0 fully saturated rings. The Morgan fingerprint density at radius 1 is 1.04 bits per heavy atom. The van der Waals surface area contributed by atoms with Crippen molar-refractivity contribution in [3.8, 4) is 5.75 Å². The fraction of sp³-hybridized carbons (Fsp3) is 0.381. The van der Waals surface area contributed by atoms with Crippen molar-refractivity contribution in [3.05, 3.63) is 58.9 Å². The number of nitrogens with zero attached hydrogens (tertiary/aromatic N) is 1. The number of amides is 1. The number of carbonyl (C=O) groups excluding carboxylic acids is 2. The minimum Gasteiger partial charge on any atom is -0.427 e. The molecule has 1 aromatic heterocycles. The van der Waals surface area contributed by atoms with E-state index in [1.807, 2.05) is 45.9 Å². The van der Waals surface area contributed by atoms with Gasteiger partial charge in [-0.1, -0.05) is 45.9 Å². The van der Waals surface area contributed by atoms with Crippen LogP contribution in [0.2, 0.25) is 0 Å².